The standard InChI is InChI=1S/C11H19N3O/c1-14-8-2-3-9(14)7-11(6-8)10(15)12-4-5-13-11/h8-9,13H,2-7H2,1H3,(H,12,15). The number of nitrogens with zero attached hydrogens (tertiary/aromatic N) is 1. The summed E-state index contributed by atoms with van der Waals surface area (Å²) in [6.07, 6.45) is 4.51. The van der Waals surface area contributed by atoms with E-state index in [2.05, 4.69) is 22.6 Å². The molecular weight excluding hydrogens is 190 g/mol. The summed E-state index contributed by atoms with van der Waals surface area (Å²) in [7, 11) is 2.20. The molecule has 0 aromatic rings. The quantitative estimate of drug-likeness (QED) is 0.576. The van der Waals surface area contributed by atoms with E-state index in [1.54, 1.807) is 0 Å². The molecule has 3 saturated heterocycles. The van der Waals surface area contributed by atoms with Crippen LogP contribution < -0.4 is 10.6 Å². The van der Waals surface area contributed by atoms with Crippen LogP contribution in [-0.4, -0.2) is 48.6 Å². The van der Waals surface area contributed by atoms with Crippen molar-refractivity contribution in [3.8, 4) is 0 Å². The van der Waals surface area contributed by atoms with Gasteiger partial charge in [-0.25, -0.2) is 0 Å². The Hall–Kier alpha value is -0.610. The highest BCUT2D eigenvalue weighted by Gasteiger charge is 2.51. The van der Waals surface area contributed by atoms with Gasteiger partial charge in [0.2, 0.25) is 5.91 Å². The Labute approximate surface area is 90.4 Å². The van der Waals surface area contributed by atoms with Crippen molar-refractivity contribution < 1.29 is 4.79 Å². The van der Waals surface area contributed by atoms with E-state index in [1.807, 2.05) is 0 Å². The number of carbonyl (C=O) groups excluding carboxylic acids is 1. The highest BCUT2D eigenvalue weighted by Crippen LogP contribution is 2.40. The number of piperidine rings is 1. The van der Waals surface area contributed by atoms with Crippen LogP contribution in [0, 0.1) is 0 Å². The summed E-state index contributed by atoms with van der Waals surface area (Å²) in [5.74, 6) is 0.235. The van der Waals surface area contributed by atoms with E-state index in [0.29, 0.717) is 12.1 Å². The second-order valence-electron chi connectivity index (χ2n) is 5.22. The number of amides is 1. The molecular formula is C11H19N3O. The summed E-state index contributed by atoms with van der Waals surface area (Å²) in [5.41, 5.74) is -0.239. The topological polar surface area (TPSA) is 44.4 Å². The van der Waals surface area contributed by atoms with Crippen molar-refractivity contribution in [1.82, 2.24) is 15.5 Å². The third-order valence-corrected chi connectivity index (χ3v) is 4.46. The van der Waals surface area contributed by atoms with Gasteiger partial charge in [0.1, 0.15) is 5.54 Å². The molecule has 3 aliphatic rings. The average Bonchev–Trinajstić information content (AvgIpc) is 2.49. The van der Waals surface area contributed by atoms with E-state index in [9.17, 15) is 4.79 Å². The summed E-state index contributed by atoms with van der Waals surface area (Å²) in [4.78, 5) is 14.5. The van der Waals surface area contributed by atoms with Crippen LogP contribution in [0.1, 0.15) is 25.7 Å². The van der Waals surface area contributed by atoms with E-state index in [4.69, 9.17) is 0 Å². The van der Waals surface area contributed by atoms with Crippen molar-refractivity contribution in [3.05, 3.63) is 0 Å². The number of nitrogens with one attached hydrogen (secondary N) is 2. The van der Waals surface area contributed by atoms with E-state index in [0.717, 1.165) is 25.9 Å². The number of carbonyl (C=O) groups is 1. The molecule has 3 fully saturated rings. The van der Waals surface area contributed by atoms with Gasteiger partial charge in [0.15, 0.2) is 0 Å². The van der Waals surface area contributed by atoms with Crippen molar-refractivity contribution in [1.29, 1.82) is 0 Å². The zero-order valence-electron chi connectivity index (χ0n) is 9.25. The maximum atomic E-state index is 12.0. The highest BCUT2D eigenvalue weighted by atomic mass is 16.2. The van der Waals surface area contributed by atoms with E-state index in [1.165, 1.54) is 12.8 Å². The smallest absolute Gasteiger partial charge is 0.240 e. The van der Waals surface area contributed by atoms with Crippen LogP contribution in [-0.2, 0) is 4.79 Å². The maximum absolute atomic E-state index is 12.0. The number of hydrogen-bond donors (Lipinski definition) is 2. The highest BCUT2D eigenvalue weighted by molar-refractivity contribution is 5.87. The predicted molar refractivity (Wildman–Crippen MR) is 57.6 cm³/mol. The molecule has 2 atom stereocenters. The molecule has 3 aliphatic heterocycles. The van der Waals surface area contributed by atoms with Gasteiger partial charge in [0.25, 0.3) is 0 Å². The molecule has 3 heterocycles. The number of hydrogen-bond acceptors (Lipinski definition) is 3. The van der Waals surface area contributed by atoms with Gasteiger partial charge >= 0.3 is 0 Å². The third-order valence-electron chi connectivity index (χ3n) is 4.46. The molecule has 0 aromatic heterocycles. The lowest BCUT2D eigenvalue weighted by Crippen LogP contribution is -2.68. The first-order chi connectivity index (χ1) is 7.21. The second kappa shape index (κ2) is 3.19. The fourth-order valence-electron chi connectivity index (χ4n) is 3.53. The first kappa shape index (κ1) is 9.60. The summed E-state index contributed by atoms with van der Waals surface area (Å²) >= 11 is 0. The molecule has 0 radical (unpaired) electrons. The van der Waals surface area contributed by atoms with Gasteiger partial charge in [-0.3, -0.25) is 4.79 Å². The minimum atomic E-state index is -0.239. The van der Waals surface area contributed by atoms with Gasteiger partial charge < -0.3 is 15.5 Å². The molecule has 0 aliphatic carbocycles. The van der Waals surface area contributed by atoms with Crippen LogP contribution in [0.25, 0.3) is 0 Å². The first-order valence-corrected chi connectivity index (χ1v) is 5.96. The number of fused-ring (bicyclic) bond motifs is 2. The molecule has 2 unspecified atom stereocenters. The fraction of sp³-hybridized carbons (Fsp3) is 0.909. The predicted octanol–water partition coefficient (Wildman–Crippen LogP) is -0.299. The Morgan fingerprint density at radius 2 is 1.93 bits per heavy atom. The molecule has 1 amide bonds. The largest absolute Gasteiger partial charge is 0.353 e. The van der Waals surface area contributed by atoms with Crippen LogP contribution in [0.2, 0.25) is 0 Å². The van der Waals surface area contributed by atoms with Gasteiger partial charge in [0.05, 0.1) is 0 Å². The maximum Gasteiger partial charge on any atom is 0.240 e. The second-order valence-corrected chi connectivity index (χ2v) is 5.22. The summed E-state index contributed by atoms with van der Waals surface area (Å²) < 4.78 is 0. The van der Waals surface area contributed by atoms with Crippen LogP contribution in [0.5, 0.6) is 0 Å². The molecule has 4 nitrogen and oxygen atoms in total. The molecule has 2 N–H and O–H groups in total. The molecule has 84 valence electrons. The zero-order chi connectivity index (χ0) is 10.5. The van der Waals surface area contributed by atoms with Gasteiger partial charge in [-0.1, -0.05) is 0 Å². The van der Waals surface area contributed by atoms with Gasteiger partial charge in [-0.15, -0.1) is 0 Å². The lowest BCUT2D eigenvalue weighted by atomic mass is 9.81. The zero-order valence-corrected chi connectivity index (χ0v) is 9.25. The van der Waals surface area contributed by atoms with Crippen molar-refractivity contribution in [2.45, 2.75) is 43.3 Å². The van der Waals surface area contributed by atoms with Crippen LogP contribution in [0.3, 0.4) is 0 Å². The number of piperazine rings is 1. The van der Waals surface area contributed by atoms with Crippen molar-refractivity contribution >= 4 is 5.91 Å². The Balaban J connectivity index is 1.85. The fourth-order valence-corrected chi connectivity index (χ4v) is 3.53. The molecule has 4 heteroatoms. The lowest BCUT2D eigenvalue weighted by molar-refractivity contribution is -0.132. The van der Waals surface area contributed by atoms with Crippen LogP contribution in [0.4, 0.5) is 0 Å². The van der Waals surface area contributed by atoms with Gasteiger partial charge in [-0.05, 0) is 32.7 Å². The summed E-state index contributed by atoms with van der Waals surface area (Å²) in [5, 5.41) is 6.47. The van der Waals surface area contributed by atoms with Gasteiger partial charge in [0, 0.05) is 25.2 Å². The Morgan fingerprint density at radius 1 is 1.27 bits per heavy atom. The minimum absolute atomic E-state index is 0.235. The third kappa shape index (κ3) is 1.31. The average molecular weight is 209 g/mol. The SMILES string of the molecule is CN1C2CCC1CC1(C2)NCCNC1=O. The van der Waals surface area contributed by atoms with Gasteiger partial charge in [-0.2, -0.15) is 0 Å². The minimum Gasteiger partial charge on any atom is -0.353 e. The molecule has 2 bridgehead atoms. The molecule has 15 heavy (non-hydrogen) atoms. The lowest BCUT2D eigenvalue weighted by Gasteiger charge is -2.46. The number of rotatable bonds is 0. The van der Waals surface area contributed by atoms with Crippen molar-refractivity contribution in [2.75, 3.05) is 20.1 Å². The van der Waals surface area contributed by atoms with Crippen LogP contribution in [0.15, 0.2) is 0 Å². The van der Waals surface area contributed by atoms with E-state index >= 15 is 0 Å². The van der Waals surface area contributed by atoms with Crippen LogP contribution >= 0.6 is 0 Å². The first-order valence-electron chi connectivity index (χ1n) is 5.96. The Kier molecular flexibility index (Phi) is 2.04. The molecule has 1 spiro atoms. The molecule has 0 aromatic carbocycles. The summed E-state index contributed by atoms with van der Waals surface area (Å²) in [6, 6.07) is 1.22. The monoisotopic (exact) mass is 209 g/mol. The molecule has 0 saturated carbocycles. The van der Waals surface area contributed by atoms with E-state index in [-0.39, 0.29) is 11.4 Å². The summed E-state index contributed by atoms with van der Waals surface area (Å²) in [6.45, 7) is 1.71. The molecule has 3 rings (SSSR count). The normalized spacial score (nSPS) is 45.8. The van der Waals surface area contributed by atoms with E-state index < -0.39 is 0 Å². The Morgan fingerprint density at radius 3 is 2.53 bits per heavy atom. The van der Waals surface area contributed by atoms with Crippen molar-refractivity contribution in [3.63, 3.8) is 0 Å². The Bertz CT molecular complexity index is 278. The van der Waals surface area contributed by atoms with Crippen molar-refractivity contribution in [2.24, 2.45) is 0 Å².